The topological polar surface area (TPSA) is 29.5 Å². The van der Waals surface area contributed by atoms with E-state index in [1.165, 1.54) is 12.5 Å². The van der Waals surface area contributed by atoms with Gasteiger partial charge in [0.25, 0.3) is 0 Å². The molecule has 0 saturated heterocycles. The van der Waals surface area contributed by atoms with Crippen LogP contribution in [-0.2, 0) is 4.43 Å². The lowest BCUT2D eigenvalue weighted by molar-refractivity contribution is 0.181. The molecule has 0 bridgehead atoms. The number of unbranched alkanes of at least 4 members (excludes halogenated alkanes) is 1. The van der Waals surface area contributed by atoms with E-state index >= 15 is 0 Å². The van der Waals surface area contributed by atoms with Gasteiger partial charge in [-0.05, 0) is 25.9 Å². The lowest BCUT2D eigenvalue weighted by Gasteiger charge is -2.06. The fraction of sp³-hybridized carbons (Fsp3) is 1.00. The van der Waals surface area contributed by atoms with Crippen molar-refractivity contribution < 1.29 is 9.53 Å². The molecule has 0 rings (SSSR count). The van der Waals surface area contributed by atoms with Crippen LogP contribution in [0.4, 0.5) is 0 Å². The zero-order chi connectivity index (χ0) is 8.69. The summed E-state index contributed by atoms with van der Waals surface area (Å²) in [5.74, 6) is 0. The SMILES string of the molecule is CO[Si](C)CCCCC(C)O. The van der Waals surface area contributed by atoms with Crippen molar-refractivity contribution in [1.29, 1.82) is 0 Å². The van der Waals surface area contributed by atoms with Gasteiger partial charge in [0.1, 0.15) is 0 Å². The lowest BCUT2D eigenvalue weighted by Crippen LogP contribution is -2.09. The van der Waals surface area contributed by atoms with Gasteiger partial charge in [-0.25, -0.2) is 0 Å². The standard InChI is InChI=1S/C8H19O2Si/c1-8(9)6-4-5-7-11(3)10-2/h8-9H,4-7H2,1-3H3. The molecule has 0 saturated carbocycles. The smallest absolute Gasteiger partial charge is 0.207 e. The Hall–Kier alpha value is 0.137. The molecule has 1 unspecified atom stereocenters. The second kappa shape index (κ2) is 6.82. The molecule has 0 aromatic carbocycles. The highest BCUT2D eigenvalue weighted by Gasteiger charge is 2.03. The molecule has 0 amide bonds. The zero-order valence-corrected chi connectivity index (χ0v) is 8.76. The molecule has 0 aromatic rings. The Morgan fingerprint density at radius 2 is 2.09 bits per heavy atom. The predicted octanol–water partition coefficient (Wildman–Crippen LogP) is 1.81. The van der Waals surface area contributed by atoms with Crippen LogP contribution in [0.25, 0.3) is 0 Å². The summed E-state index contributed by atoms with van der Waals surface area (Å²) in [6.07, 6.45) is 3.12. The molecule has 0 aliphatic heterocycles. The highest BCUT2D eigenvalue weighted by molar-refractivity contribution is 6.50. The number of hydrogen-bond donors (Lipinski definition) is 1. The Morgan fingerprint density at radius 1 is 1.45 bits per heavy atom. The molecule has 11 heavy (non-hydrogen) atoms. The summed E-state index contributed by atoms with van der Waals surface area (Å²) >= 11 is 0. The molecule has 1 atom stereocenters. The molecular weight excluding hydrogens is 156 g/mol. The molecule has 3 heteroatoms. The second-order valence-electron chi connectivity index (χ2n) is 3.00. The third kappa shape index (κ3) is 8.04. The summed E-state index contributed by atoms with van der Waals surface area (Å²) in [5, 5.41) is 8.95. The van der Waals surface area contributed by atoms with Gasteiger partial charge in [0.05, 0.1) is 6.10 Å². The lowest BCUT2D eigenvalue weighted by atomic mass is 10.2. The molecule has 67 valence electrons. The van der Waals surface area contributed by atoms with Crippen molar-refractivity contribution in [3.8, 4) is 0 Å². The van der Waals surface area contributed by atoms with E-state index in [2.05, 4.69) is 6.55 Å². The fourth-order valence-corrected chi connectivity index (χ4v) is 1.87. The maximum absolute atomic E-state index is 8.95. The van der Waals surface area contributed by atoms with Gasteiger partial charge >= 0.3 is 0 Å². The van der Waals surface area contributed by atoms with Crippen LogP contribution >= 0.6 is 0 Å². The van der Waals surface area contributed by atoms with Crippen LogP contribution in [0.5, 0.6) is 0 Å². The molecule has 2 nitrogen and oxygen atoms in total. The van der Waals surface area contributed by atoms with Crippen LogP contribution in [0.2, 0.25) is 12.6 Å². The highest BCUT2D eigenvalue weighted by Crippen LogP contribution is 2.06. The Balaban J connectivity index is 3.01. The monoisotopic (exact) mass is 175 g/mol. The summed E-state index contributed by atoms with van der Waals surface area (Å²) in [4.78, 5) is 0. The van der Waals surface area contributed by atoms with E-state index < -0.39 is 9.04 Å². The fourth-order valence-electron chi connectivity index (χ4n) is 0.916. The van der Waals surface area contributed by atoms with E-state index in [0.717, 1.165) is 12.8 Å². The Kier molecular flexibility index (Phi) is 6.91. The maximum atomic E-state index is 8.95. The van der Waals surface area contributed by atoms with E-state index in [1.807, 2.05) is 6.92 Å². The first-order valence-electron chi connectivity index (χ1n) is 4.21. The van der Waals surface area contributed by atoms with Crippen molar-refractivity contribution in [2.75, 3.05) is 7.11 Å². The van der Waals surface area contributed by atoms with E-state index in [9.17, 15) is 0 Å². The van der Waals surface area contributed by atoms with E-state index in [1.54, 1.807) is 7.11 Å². The van der Waals surface area contributed by atoms with E-state index in [4.69, 9.17) is 9.53 Å². The van der Waals surface area contributed by atoms with Crippen molar-refractivity contribution in [3.63, 3.8) is 0 Å². The normalized spacial score (nSPS) is 13.9. The molecule has 0 aliphatic carbocycles. The minimum absolute atomic E-state index is 0.134. The van der Waals surface area contributed by atoms with E-state index in [-0.39, 0.29) is 6.10 Å². The number of hydrogen-bond acceptors (Lipinski definition) is 2. The summed E-state index contributed by atoms with van der Waals surface area (Å²) in [5.41, 5.74) is 0. The van der Waals surface area contributed by atoms with Crippen LogP contribution in [0.15, 0.2) is 0 Å². The first kappa shape index (κ1) is 11.1. The van der Waals surface area contributed by atoms with Crippen molar-refractivity contribution >= 4 is 9.04 Å². The summed E-state index contributed by atoms with van der Waals surface area (Å²) in [6, 6.07) is 1.20. The van der Waals surface area contributed by atoms with Crippen LogP contribution in [0.1, 0.15) is 26.2 Å². The van der Waals surface area contributed by atoms with E-state index in [0.29, 0.717) is 0 Å². The van der Waals surface area contributed by atoms with Gasteiger partial charge in [0.2, 0.25) is 9.04 Å². The van der Waals surface area contributed by atoms with Crippen molar-refractivity contribution in [2.24, 2.45) is 0 Å². The van der Waals surface area contributed by atoms with Gasteiger partial charge in [0.15, 0.2) is 0 Å². The molecule has 1 radical (unpaired) electrons. The molecular formula is C8H19O2Si. The van der Waals surface area contributed by atoms with Gasteiger partial charge in [0, 0.05) is 7.11 Å². The Morgan fingerprint density at radius 3 is 2.55 bits per heavy atom. The average Bonchev–Trinajstić information content (AvgIpc) is 1.97. The van der Waals surface area contributed by atoms with Crippen molar-refractivity contribution in [3.05, 3.63) is 0 Å². The first-order valence-corrected chi connectivity index (χ1v) is 6.33. The van der Waals surface area contributed by atoms with Crippen molar-refractivity contribution in [1.82, 2.24) is 0 Å². The van der Waals surface area contributed by atoms with Crippen LogP contribution in [0, 0.1) is 0 Å². The summed E-state index contributed by atoms with van der Waals surface area (Å²) in [7, 11) is 1.27. The third-order valence-electron chi connectivity index (χ3n) is 1.75. The summed E-state index contributed by atoms with van der Waals surface area (Å²) in [6.45, 7) is 4.02. The number of aliphatic hydroxyl groups is 1. The number of rotatable bonds is 6. The van der Waals surface area contributed by atoms with Gasteiger partial charge in [-0.2, -0.15) is 0 Å². The second-order valence-corrected chi connectivity index (χ2v) is 5.31. The third-order valence-corrected chi connectivity index (χ3v) is 3.50. The van der Waals surface area contributed by atoms with Crippen LogP contribution in [0.3, 0.4) is 0 Å². The van der Waals surface area contributed by atoms with Crippen LogP contribution < -0.4 is 0 Å². The maximum Gasteiger partial charge on any atom is 0.207 e. The van der Waals surface area contributed by atoms with Crippen LogP contribution in [-0.4, -0.2) is 27.4 Å². The minimum Gasteiger partial charge on any atom is -0.420 e. The first-order chi connectivity index (χ1) is 5.16. The average molecular weight is 175 g/mol. The van der Waals surface area contributed by atoms with Gasteiger partial charge in [-0.3, -0.25) is 0 Å². The molecule has 0 aromatic heterocycles. The van der Waals surface area contributed by atoms with Gasteiger partial charge in [-0.15, -0.1) is 0 Å². The largest absolute Gasteiger partial charge is 0.420 e. The van der Waals surface area contributed by atoms with Crippen molar-refractivity contribution in [2.45, 2.75) is 44.9 Å². The predicted molar refractivity (Wildman–Crippen MR) is 49.0 cm³/mol. The summed E-state index contributed by atoms with van der Waals surface area (Å²) < 4.78 is 5.20. The number of aliphatic hydroxyl groups excluding tert-OH is 1. The Labute approximate surface area is 71.3 Å². The minimum atomic E-state index is -0.508. The molecule has 0 aliphatic rings. The Bertz CT molecular complexity index is 86.2. The molecule has 0 fully saturated rings. The van der Waals surface area contributed by atoms with Gasteiger partial charge < -0.3 is 9.53 Å². The molecule has 1 N–H and O–H groups in total. The van der Waals surface area contributed by atoms with Gasteiger partial charge in [-0.1, -0.05) is 12.8 Å². The zero-order valence-electron chi connectivity index (χ0n) is 7.76. The highest BCUT2D eigenvalue weighted by atomic mass is 28.3. The quantitative estimate of drug-likeness (QED) is 0.493. The molecule has 0 heterocycles. The molecule has 0 spiro atoms.